The fourth-order valence-electron chi connectivity index (χ4n) is 3.10. The first-order valence-electron chi connectivity index (χ1n) is 7.40. The Morgan fingerprint density at radius 3 is 3.00 bits per heavy atom. The molecule has 0 fully saturated rings. The molecule has 3 nitrogen and oxygen atoms in total. The fraction of sp³-hybridized carbons (Fsp3) is 0. The summed E-state index contributed by atoms with van der Waals surface area (Å²) in [6.07, 6.45) is 1.81. The first kappa shape index (κ1) is 8.38. The van der Waals surface area contributed by atoms with E-state index < -0.39 is 0 Å². The second kappa shape index (κ2) is 3.20. The van der Waals surface area contributed by atoms with E-state index in [1.165, 1.54) is 0 Å². The van der Waals surface area contributed by atoms with Crippen LogP contribution in [0.25, 0.3) is 38.1 Å². The van der Waals surface area contributed by atoms with Crippen molar-refractivity contribution >= 4 is 38.1 Å². The topological polar surface area (TPSA) is 37.5 Å². The van der Waals surface area contributed by atoms with E-state index in [9.17, 15) is 5.11 Å². The molecular formula is C17H10N2O. The van der Waals surface area contributed by atoms with E-state index in [0.29, 0.717) is 10.9 Å². The van der Waals surface area contributed by atoms with Crippen LogP contribution in [0.1, 0.15) is 2.74 Å². The molecule has 0 saturated heterocycles. The van der Waals surface area contributed by atoms with Crippen molar-refractivity contribution in [2.24, 2.45) is 0 Å². The first-order valence-corrected chi connectivity index (χ1v) is 6.40. The molecular weight excluding hydrogens is 248 g/mol. The van der Waals surface area contributed by atoms with Gasteiger partial charge in [0.25, 0.3) is 0 Å². The molecule has 0 aliphatic rings. The van der Waals surface area contributed by atoms with Crippen molar-refractivity contribution in [2.75, 3.05) is 0 Å². The van der Waals surface area contributed by atoms with Crippen molar-refractivity contribution in [1.29, 1.82) is 0 Å². The van der Waals surface area contributed by atoms with Gasteiger partial charge in [0, 0.05) is 28.5 Å². The van der Waals surface area contributed by atoms with Crippen LogP contribution < -0.4 is 0 Å². The van der Waals surface area contributed by atoms with E-state index in [2.05, 4.69) is 4.98 Å². The van der Waals surface area contributed by atoms with Gasteiger partial charge in [-0.05, 0) is 29.6 Å². The van der Waals surface area contributed by atoms with Gasteiger partial charge >= 0.3 is 0 Å². The van der Waals surface area contributed by atoms with Crippen molar-refractivity contribution in [1.82, 2.24) is 9.38 Å². The third kappa shape index (κ3) is 1.00. The molecule has 20 heavy (non-hydrogen) atoms. The maximum atomic E-state index is 10.3. The summed E-state index contributed by atoms with van der Waals surface area (Å²) in [6.45, 7) is 0. The highest BCUT2D eigenvalue weighted by atomic mass is 16.3. The van der Waals surface area contributed by atoms with Crippen molar-refractivity contribution in [3.8, 4) is 5.75 Å². The number of phenols is 1. The smallest absolute Gasteiger partial charge is 0.142 e. The van der Waals surface area contributed by atoms with E-state index >= 15 is 0 Å². The number of pyridine rings is 2. The van der Waals surface area contributed by atoms with E-state index in [0.717, 1.165) is 27.2 Å². The molecule has 0 aliphatic heterocycles. The third-order valence-corrected chi connectivity index (χ3v) is 3.93. The molecule has 1 N–H and O–H groups in total. The molecule has 5 aromatic rings. The molecule has 0 spiro atoms. The molecule has 3 heteroatoms. The van der Waals surface area contributed by atoms with Crippen LogP contribution >= 0.6 is 0 Å². The summed E-state index contributed by atoms with van der Waals surface area (Å²) in [6, 6.07) is 11.4. The lowest BCUT2D eigenvalue weighted by Crippen LogP contribution is -1.92. The summed E-state index contributed by atoms with van der Waals surface area (Å²) < 4.78 is 18.3. The van der Waals surface area contributed by atoms with Crippen molar-refractivity contribution < 1.29 is 7.85 Å². The van der Waals surface area contributed by atoms with E-state index in [-0.39, 0.29) is 18.0 Å². The number of benzene rings is 2. The van der Waals surface area contributed by atoms with Crippen LogP contribution in [-0.4, -0.2) is 14.5 Å². The van der Waals surface area contributed by atoms with Gasteiger partial charge in [0.15, 0.2) is 0 Å². The van der Waals surface area contributed by atoms with Gasteiger partial charge in [0.2, 0.25) is 0 Å². The minimum atomic E-state index is 0.0504. The lowest BCUT2D eigenvalue weighted by molar-refractivity contribution is 0.481. The maximum Gasteiger partial charge on any atom is 0.142 e. The van der Waals surface area contributed by atoms with Crippen LogP contribution in [0, 0.1) is 0 Å². The Balaban J connectivity index is 2.34. The molecule has 0 amide bonds. The van der Waals surface area contributed by atoms with E-state index in [1.807, 2.05) is 30.3 Å². The summed E-state index contributed by atoms with van der Waals surface area (Å²) >= 11 is 0. The number of hydrogen-bond acceptors (Lipinski definition) is 2. The molecule has 0 aliphatic carbocycles. The van der Waals surface area contributed by atoms with Gasteiger partial charge in [-0.2, -0.15) is 0 Å². The summed E-state index contributed by atoms with van der Waals surface area (Å²) in [5.74, 6) is 0.0504. The number of fused-ring (bicyclic) bond motifs is 3. The van der Waals surface area contributed by atoms with Gasteiger partial charge in [0.05, 0.1) is 13.8 Å². The summed E-state index contributed by atoms with van der Waals surface area (Å²) in [5, 5.41) is 13.6. The lowest BCUT2D eigenvalue weighted by Gasteiger charge is -2.12. The van der Waals surface area contributed by atoms with Crippen LogP contribution in [0.2, 0.25) is 0 Å². The van der Waals surface area contributed by atoms with Crippen LogP contribution in [0.5, 0.6) is 5.75 Å². The fourth-order valence-corrected chi connectivity index (χ4v) is 3.10. The predicted molar refractivity (Wildman–Crippen MR) is 80.6 cm³/mol. The zero-order valence-electron chi connectivity index (χ0n) is 12.4. The largest absolute Gasteiger partial charge is 0.506 e. The highest BCUT2D eigenvalue weighted by molar-refractivity contribution is 6.23. The van der Waals surface area contributed by atoms with Crippen molar-refractivity contribution in [3.63, 3.8) is 0 Å². The molecule has 94 valence electrons. The number of phenolic OH excluding ortho intramolecular Hbond substituents is 1. The molecule has 2 aromatic carbocycles. The molecule has 0 atom stereocenters. The monoisotopic (exact) mass is 260 g/mol. The summed E-state index contributed by atoms with van der Waals surface area (Å²) in [4.78, 5) is 4.29. The summed E-state index contributed by atoms with van der Waals surface area (Å²) in [7, 11) is 0. The van der Waals surface area contributed by atoms with Crippen molar-refractivity contribution in [3.05, 3.63) is 54.8 Å². The molecule has 0 saturated carbocycles. The quantitative estimate of drug-likeness (QED) is 0.338. The maximum absolute atomic E-state index is 10.3. The van der Waals surface area contributed by atoms with Crippen LogP contribution in [-0.2, 0) is 0 Å². The van der Waals surface area contributed by atoms with Crippen molar-refractivity contribution in [2.45, 2.75) is 0 Å². The Kier molecular flexibility index (Phi) is 1.34. The number of aromatic hydroxyl groups is 1. The minimum absolute atomic E-state index is 0.0504. The molecule has 3 aromatic heterocycles. The van der Waals surface area contributed by atoms with Crippen LogP contribution in [0.3, 0.4) is 0 Å². The third-order valence-electron chi connectivity index (χ3n) is 3.93. The SMILES string of the molecule is [2H]c1c([2H])n2c3ccccc3c3ccnc4c(O)cc1c2c43. The van der Waals surface area contributed by atoms with Gasteiger partial charge in [-0.15, -0.1) is 0 Å². The van der Waals surface area contributed by atoms with Crippen LogP contribution in [0.4, 0.5) is 0 Å². The van der Waals surface area contributed by atoms with Gasteiger partial charge in [-0.1, -0.05) is 18.2 Å². The van der Waals surface area contributed by atoms with E-state index in [1.54, 1.807) is 16.7 Å². The average molecular weight is 260 g/mol. The molecule has 0 radical (unpaired) electrons. The Hall–Kier alpha value is -2.81. The molecule has 3 heterocycles. The number of para-hydroxylation sites is 1. The van der Waals surface area contributed by atoms with Gasteiger partial charge in [-0.3, -0.25) is 4.98 Å². The average Bonchev–Trinajstić information content (AvgIpc) is 2.80. The Labute approximate surface area is 116 Å². The molecule has 5 rings (SSSR count). The van der Waals surface area contributed by atoms with E-state index in [4.69, 9.17) is 2.74 Å². The second-order valence-electron chi connectivity index (χ2n) is 4.96. The zero-order chi connectivity index (χ0) is 15.0. The standard InChI is InChI=1S/C17H10N2O/c20-14-9-10-6-8-19-13-4-2-1-3-11(13)12-5-7-18-16(14)15(12)17(10)19/h1-9,20H/i6D,8D. The number of hydrogen-bond donors (Lipinski definition) is 1. The van der Waals surface area contributed by atoms with Gasteiger partial charge < -0.3 is 9.51 Å². The Morgan fingerprint density at radius 1 is 1.15 bits per heavy atom. The second-order valence-corrected chi connectivity index (χ2v) is 4.96. The highest BCUT2D eigenvalue weighted by Gasteiger charge is 2.16. The zero-order valence-corrected chi connectivity index (χ0v) is 10.4. The summed E-state index contributed by atoms with van der Waals surface area (Å²) in [5.41, 5.74) is 2.18. The normalized spacial score (nSPS) is 13.6. The Bertz CT molecular complexity index is 1210. The minimum Gasteiger partial charge on any atom is -0.506 e. The number of nitrogens with zero attached hydrogens (tertiary/aromatic N) is 2. The van der Waals surface area contributed by atoms with Gasteiger partial charge in [0.1, 0.15) is 11.3 Å². The predicted octanol–water partition coefficient (Wildman–Crippen LogP) is 3.94. The Morgan fingerprint density at radius 2 is 2.05 bits per heavy atom. The number of rotatable bonds is 0. The first-order chi connectivity index (χ1) is 10.7. The lowest BCUT2D eigenvalue weighted by atomic mass is 10.0. The number of aromatic nitrogens is 2. The van der Waals surface area contributed by atoms with Gasteiger partial charge in [-0.25, -0.2) is 0 Å². The molecule has 0 unspecified atom stereocenters. The highest BCUT2D eigenvalue weighted by Crippen LogP contribution is 2.39. The molecule has 0 bridgehead atoms. The van der Waals surface area contributed by atoms with Crippen LogP contribution in [0.15, 0.2) is 54.8 Å².